The lowest BCUT2D eigenvalue weighted by Gasteiger charge is -2.27. The van der Waals surface area contributed by atoms with E-state index in [9.17, 15) is 30.0 Å². The van der Waals surface area contributed by atoms with Crippen LogP contribution in [-0.4, -0.2) is 38.7 Å². The maximum Gasteiger partial charge on any atom is 0.501 e. The van der Waals surface area contributed by atoms with Crippen LogP contribution in [0.25, 0.3) is 0 Å². The molecule has 1 heterocycles. The first kappa shape index (κ1) is 21.3. The van der Waals surface area contributed by atoms with Crippen LogP contribution in [0.15, 0.2) is 58.6 Å². The van der Waals surface area contributed by atoms with Crippen molar-refractivity contribution < 1.29 is 30.0 Å². The molecule has 0 aliphatic heterocycles. The van der Waals surface area contributed by atoms with Gasteiger partial charge in [-0.15, -0.1) is 0 Å². The van der Waals surface area contributed by atoms with Gasteiger partial charge in [-0.25, -0.2) is 16.8 Å². The van der Waals surface area contributed by atoms with Crippen LogP contribution >= 0.6 is 0 Å². The van der Waals surface area contributed by atoms with E-state index in [1.165, 1.54) is 19.4 Å². The van der Waals surface area contributed by atoms with E-state index in [1.54, 1.807) is 19.1 Å². The topological polar surface area (TPSA) is 84.4 Å². The zero-order chi connectivity index (χ0) is 20.5. The van der Waals surface area contributed by atoms with Crippen molar-refractivity contribution in [3.05, 3.63) is 54.4 Å². The second kappa shape index (κ2) is 7.56. The predicted molar refractivity (Wildman–Crippen MR) is 91.9 cm³/mol. The summed E-state index contributed by atoms with van der Waals surface area (Å²) in [5, 5.41) is 0. The summed E-state index contributed by atoms with van der Waals surface area (Å²) in [4.78, 5) is 2.55. The molecule has 1 aromatic carbocycles. The highest BCUT2D eigenvalue weighted by atomic mass is 32.2. The lowest BCUT2D eigenvalue weighted by Crippen LogP contribution is -2.31. The molecule has 2 rings (SSSR count). The van der Waals surface area contributed by atoms with E-state index in [0.29, 0.717) is 24.1 Å². The van der Waals surface area contributed by atoms with Gasteiger partial charge in [-0.2, -0.15) is 17.5 Å². The van der Waals surface area contributed by atoms with E-state index < -0.39 is 36.3 Å². The third kappa shape index (κ3) is 4.14. The van der Waals surface area contributed by atoms with Gasteiger partial charge in [0.2, 0.25) is 10.0 Å². The lowest BCUT2D eigenvalue weighted by molar-refractivity contribution is -0.0436. The Morgan fingerprint density at radius 1 is 0.963 bits per heavy atom. The fourth-order valence-electron chi connectivity index (χ4n) is 2.55. The van der Waals surface area contributed by atoms with Crippen LogP contribution in [0.2, 0.25) is 0 Å². The van der Waals surface area contributed by atoms with E-state index in [4.69, 9.17) is 0 Å². The summed E-state index contributed by atoms with van der Waals surface area (Å²) in [5.41, 5.74) is -4.76. The van der Waals surface area contributed by atoms with E-state index in [2.05, 4.69) is 4.98 Å². The summed E-state index contributed by atoms with van der Waals surface area (Å²) in [5.74, 6) is 0. The number of nitrogens with zero attached hydrogens (tertiary/aromatic N) is 2. The number of sulfone groups is 1. The van der Waals surface area contributed by atoms with Crippen molar-refractivity contribution in [3.63, 3.8) is 0 Å². The molecule has 0 saturated carbocycles. The number of benzene rings is 1. The SMILES string of the molecule is CC[C@H](c1ccncc1)N(C)S(=O)(=O)c1ccc(S(=O)(=O)C(F)(F)F)cc1. The Morgan fingerprint density at radius 2 is 1.44 bits per heavy atom. The van der Waals surface area contributed by atoms with Crippen molar-refractivity contribution in [3.8, 4) is 0 Å². The Labute approximate surface area is 155 Å². The third-order valence-corrected chi connectivity index (χ3v) is 7.42. The van der Waals surface area contributed by atoms with Crippen molar-refractivity contribution >= 4 is 19.9 Å². The number of sulfonamides is 1. The summed E-state index contributed by atoms with van der Waals surface area (Å²) < 4.78 is 87.3. The molecule has 11 heteroatoms. The molecular weight excluding hydrogens is 405 g/mol. The Hall–Kier alpha value is -1.98. The molecule has 0 aliphatic carbocycles. The lowest BCUT2D eigenvalue weighted by atomic mass is 10.1. The minimum atomic E-state index is -5.54. The first-order valence-electron chi connectivity index (χ1n) is 7.72. The van der Waals surface area contributed by atoms with Gasteiger partial charge in [-0.05, 0) is 48.4 Å². The Bertz CT molecular complexity index is 990. The van der Waals surface area contributed by atoms with Crippen molar-refractivity contribution in [2.45, 2.75) is 34.7 Å². The van der Waals surface area contributed by atoms with Crippen molar-refractivity contribution in [2.75, 3.05) is 7.05 Å². The number of pyridine rings is 1. The number of alkyl halides is 3. The van der Waals surface area contributed by atoms with Crippen LogP contribution in [0.3, 0.4) is 0 Å². The van der Waals surface area contributed by atoms with Gasteiger partial charge in [0.25, 0.3) is 9.84 Å². The quantitative estimate of drug-likeness (QED) is 0.714. The minimum Gasteiger partial charge on any atom is -0.265 e. The maximum atomic E-state index is 12.8. The molecule has 0 unspecified atom stereocenters. The number of hydrogen-bond acceptors (Lipinski definition) is 5. The first-order valence-corrected chi connectivity index (χ1v) is 10.6. The summed E-state index contributed by atoms with van der Waals surface area (Å²) >= 11 is 0. The zero-order valence-electron chi connectivity index (χ0n) is 14.4. The largest absolute Gasteiger partial charge is 0.501 e. The fraction of sp³-hybridized carbons (Fsp3) is 0.312. The molecule has 0 bridgehead atoms. The van der Waals surface area contributed by atoms with Crippen LogP contribution in [0.4, 0.5) is 13.2 Å². The Kier molecular flexibility index (Phi) is 5.97. The zero-order valence-corrected chi connectivity index (χ0v) is 16.0. The average Bonchev–Trinajstić information content (AvgIpc) is 2.62. The van der Waals surface area contributed by atoms with Crippen LogP contribution in [0.5, 0.6) is 0 Å². The van der Waals surface area contributed by atoms with E-state index >= 15 is 0 Å². The smallest absolute Gasteiger partial charge is 0.265 e. The second-order valence-electron chi connectivity index (χ2n) is 5.65. The molecule has 0 N–H and O–H groups in total. The van der Waals surface area contributed by atoms with Crippen molar-refractivity contribution in [1.29, 1.82) is 0 Å². The summed E-state index contributed by atoms with van der Waals surface area (Å²) in [7, 11) is -8.25. The molecule has 0 saturated heterocycles. The molecular formula is C16H17F3N2O4S2. The Morgan fingerprint density at radius 3 is 1.89 bits per heavy atom. The molecule has 27 heavy (non-hydrogen) atoms. The molecule has 0 spiro atoms. The minimum absolute atomic E-state index is 0.307. The summed E-state index contributed by atoms with van der Waals surface area (Å²) in [6, 6.07) is 5.79. The Balaban J connectivity index is 2.39. The summed E-state index contributed by atoms with van der Waals surface area (Å²) in [6.07, 6.45) is 3.49. The molecule has 0 radical (unpaired) electrons. The predicted octanol–water partition coefficient (Wildman–Crippen LogP) is 3.15. The molecule has 1 atom stereocenters. The van der Waals surface area contributed by atoms with E-state index in [0.717, 1.165) is 16.4 Å². The molecule has 148 valence electrons. The molecule has 1 aromatic heterocycles. The number of rotatable bonds is 6. The van der Waals surface area contributed by atoms with Gasteiger partial charge in [0.1, 0.15) is 0 Å². The molecule has 2 aromatic rings. The van der Waals surface area contributed by atoms with Gasteiger partial charge in [-0.3, -0.25) is 4.98 Å². The van der Waals surface area contributed by atoms with Crippen molar-refractivity contribution in [1.82, 2.24) is 9.29 Å². The highest BCUT2D eigenvalue weighted by molar-refractivity contribution is 7.92. The number of halogens is 3. The van der Waals surface area contributed by atoms with Crippen LogP contribution in [-0.2, 0) is 19.9 Å². The molecule has 6 nitrogen and oxygen atoms in total. The van der Waals surface area contributed by atoms with E-state index in [-0.39, 0.29) is 4.90 Å². The maximum absolute atomic E-state index is 12.8. The normalized spacial score (nSPS) is 14.3. The van der Waals surface area contributed by atoms with Gasteiger partial charge in [0, 0.05) is 25.5 Å². The van der Waals surface area contributed by atoms with E-state index in [1.807, 2.05) is 0 Å². The average molecular weight is 422 g/mol. The van der Waals surface area contributed by atoms with Crippen LogP contribution in [0, 0.1) is 0 Å². The van der Waals surface area contributed by atoms with Gasteiger partial charge >= 0.3 is 5.51 Å². The van der Waals surface area contributed by atoms with Gasteiger partial charge in [0.05, 0.1) is 9.79 Å². The van der Waals surface area contributed by atoms with Crippen LogP contribution < -0.4 is 0 Å². The standard InChI is InChI=1S/C16H17F3N2O4S2/c1-3-15(12-8-10-20-11-9-12)21(2)27(24,25)14-6-4-13(5-7-14)26(22,23)16(17,18)19/h4-11,15H,3H2,1-2H3/t15-/m1/s1. The molecule has 0 aliphatic rings. The highest BCUT2D eigenvalue weighted by Crippen LogP contribution is 2.32. The fourth-order valence-corrected chi connectivity index (χ4v) is 4.73. The molecule has 0 amide bonds. The second-order valence-corrected chi connectivity index (χ2v) is 9.59. The summed E-state index contributed by atoms with van der Waals surface area (Å²) in [6.45, 7) is 1.79. The van der Waals surface area contributed by atoms with Gasteiger partial charge < -0.3 is 0 Å². The number of aromatic nitrogens is 1. The van der Waals surface area contributed by atoms with Gasteiger partial charge in [-0.1, -0.05) is 6.92 Å². The highest BCUT2D eigenvalue weighted by Gasteiger charge is 2.46. The van der Waals surface area contributed by atoms with Gasteiger partial charge in [0.15, 0.2) is 0 Å². The van der Waals surface area contributed by atoms with Crippen LogP contribution in [0.1, 0.15) is 24.9 Å². The first-order chi connectivity index (χ1) is 12.4. The number of hydrogen-bond donors (Lipinski definition) is 0. The monoisotopic (exact) mass is 422 g/mol. The van der Waals surface area contributed by atoms with Crippen molar-refractivity contribution in [2.24, 2.45) is 0 Å². The third-order valence-electron chi connectivity index (χ3n) is 4.03. The molecule has 0 fully saturated rings.